The monoisotopic (exact) mass is 358 g/mol. The molecule has 1 N–H and O–H groups in total. The van der Waals surface area contributed by atoms with E-state index in [9.17, 15) is 5.11 Å². The van der Waals surface area contributed by atoms with Gasteiger partial charge in [0.1, 0.15) is 5.60 Å². The van der Waals surface area contributed by atoms with Gasteiger partial charge in [0, 0.05) is 20.1 Å². The first-order chi connectivity index (χ1) is 11.4. The summed E-state index contributed by atoms with van der Waals surface area (Å²) in [6.45, 7) is 9.30. The van der Waals surface area contributed by atoms with E-state index in [0.717, 1.165) is 24.9 Å². The molecule has 6 atom stereocenters. The zero-order valence-electron chi connectivity index (χ0n) is 15.8. The molecule has 0 amide bonds. The number of rotatable bonds is 7. The fourth-order valence-electron chi connectivity index (χ4n) is 5.30. The van der Waals surface area contributed by atoms with Crippen molar-refractivity contribution in [2.24, 2.45) is 11.8 Å². The summed E-state index contributed by atoms with van der Waals surface area (Å²) in [5.74, 6) is 0.543. The lowest BCUT2D eigenvalue weighted by molar-refractivity contribution is -0.265. The van der Waals surface area contributed by atoms with Gasteiger partial charge in [0.2, 0.25) is 0 Å². The smallest absolute Gasteiger partial charge is 0.195 e. The van der Waals surface area contributed by atoms with Crippen molar-refractivity contribution in [3.05, 3.63) is 0 Å². The largest absolute Gasteiger partial charge is 0.405 e. The van der Waals surface area contributed by atoms with Gasteiger partial charge in [0.25, 0.3) is 0 Å². The minimum atomic E-state index is -1.92. The standard InChI is InChI=1S/C18H34O5Si/c1-6-24(7-2,12(3)4)23-18-10-16(20-5)22-17(18)21-14-8-13(11-19)15(18)9-14/h12-17,19H,6-11H2,1-5H3/t13-,14-,15-,16+,17-,18+/m1/s1. The van der Waals surface area contributed by atoms with Crippen LogP contribution in [0, 0.1) is 11.8 Å². The lowest BCUT2D eigenvalue weighted by Gasteiger charge is -2.50. The molecular weight excluding hydrogens is 324 g/mol. The molecule has 0 radical (unpaired) electrons. The molecule has 3 aliphatic rings. The van der Waals surface area contributed by atoms with Crippen LogP contribution in [0.25, 0.3) is 0 Å². The average molecular weight is 359 g/mol. The Labute approximate surface area is 147 Å². The summed E-state index contributed by atoms with van der Waals surface area (Å²) >= 11 is 0. The highest BCUT2D eigenvalue weighted by Crippen LogP contribution is 2.56. The van der Waals surface area contributed by atoms with E-state index in [1.165, 1.54) is 0 Å². The highest BCUT2D eigenvalue weighted by molar-refractivity contribution is 6.75. The molecule has 2 heterocycles. The van der Waals surface area contributed by atoms with Gasteiger partial charge < -0.3 is 23.7 Å². The van der Waals surface area contributed by atoms with Crippen molar-refractivity contribution in [3.63, 3.8) is 0 Å². The minimum Gasteiger partial charge on any atom is -0.405 e. The van der Waals surface area contributed by atoms with Crippen molar-refractivity contribution in [2.75, 3.05) is 13.7 Å². The van der Waals surface area contributed by atoms with Crippen molar-refractivity contribution in [3.8, 4) is 0 Å². The van der Waals surface area contributed by atoms with Crippen LogP contribution in [-0.2, 0) is 18.6 Å². The summed E-state index contributed by atoms with van der Waals surface area (Å²) in [4.78, 5) is 0. The first kappa shape index (κ1) is 18.8. The zero-order chi connectivity index (χ0) is 17.5. The Morgan fingerprint density at radius 2 is 1.92 bits per heavy atom. The summed E-state index contributed by atoms with van der Waals surface area (Å²) in [7, 11) is -0.240. The lowest BCUT2D eigenvalue weighted by Crippen LogP contribution is -2.60. The van der Waals surface area contributed by atoms with Crippen LogP contribution < -0.4 is 0 Å². The van der Waals surface area contributed by atoms with E-state index in [1.807, 2.05) is 0 Å². The van der Waals surface area contributed by atoms with E-state index in [1.54, 1.807) is 7.11 Å². The summed E-state index contributed by atoms with van der Waals surface area (Å²) < 4.78 is 25.0. The van der Waals surface area contributed by atoms with E-state index in [0.29, 0.717) is 17.9 Å². The van der Waals surface area contributed by atoms with Gasteiger partial charge in [-0.15, -0.1) is 0 Å². The lowest BCUT2D eigenvalue weighted by atomic mass is 9.78. The Balaban J connectivity index is 1.97. The molecule has 2 aliphatic heterocycles. The highest BCUT2D eigenvalue weighted by Gasteiger charge is 2.65. The third kappa shape index (κ3) is 2.79. The Morgan fingerprint density at radius 3 is 2.46 bits per heavy atom. The number of methoxy groups -OCH3 is 1. The fraction of sp³-hybridized carbons (Fsp3) is 1.00. The molecule has 0 aromatic rings. The summed E-state index contributed by atoms with van der Waals surface area (Å²) in [6, 6.07) is 2.18. The van der Waals surface area contributed by atoms with Gasteiger partial charge in [-0.3, -0.25) is 0 Å². The van der Waals surface area contributed by atoms with Gasteiger partial charge >= 0.3 is 0 Å². The average Bonchev–Trinajstić information content (AvgIpc) is 3.13. The fourth-order valence-corrected chi connectivity index (χ4v) is 9.05. The van der Waals surface area contributed by atoms with Gasteiger partial charge in [-0.1, -0.05) is 27.7 Å². The molecule has 1 saturated carbocycles. The van der Waals surface area contributed by atoms with E-state index in [2.05, 4.69) is 27.7 Å². The Morgan fingerprint density at radius 1 is 1.21 bits per heavy atom. The van der Waals surface area contributed by atoms with Crippen LogP contribution in [0.3, 0.4) is 0 Å². The SMILES string of the molecule is CC[Si](CC)(O[C@]12C[C@@H](OC)O[C@H]1O[C@@H]1C[C@H](CO)[C@H]2C1)C(C)C. The van der Waals surface area contributed by atoms with Gasteiger partial charge in [0.05, 0.1) is 6.10 Å². The maximum Gasteiger partial charge on any atom is 0.195 e. The topological polar surface area (TPSA) is 57.2 Å². The van der Waals surface area contributed by atoms with Gasteiger partial charge in [0.15, 0.2) is 20.9 Å². The predicted octanol–water partition coefficient (Wildman–Crippen LogP) is 3.27. The number of aliphatic hydroxyl groups is 1. The van der Waals surface area contributed by atoms with E-state index < -0.39 is 13.9 Å². The number of fused-ring (bicyclic) bond motifs is 4. The minimum absolute atomic E-state index is 0.183. The molecular formula is C18H34O5Si. The van der Waals surface area contributed by atoms with Crippen molar-refractivity contribution >= 4 is 8.32 Å². The first-order valence-corrected chi connectivity index (χ1v) is 12.0. The second-order valence-corrected chi connectivity index (χ2v) is 13.0. The molecule has 0 aromatic carbocycles. The van der Waals surface area contributed by atoms with Crippen LogP contribution in [0.2, 0.25) is 17.6 Å². The summed E-state index contributed by atoms with van der Waals surface area (Å²) in [5, 5.41) is 9.92. The molecule has 0 aromatic heterocycles. The number of hydrogen-bond donors (Lipinski definition) is 1. The highest BCUT2D eigenvalue weighted by atomic mass is 28.4. The molecule has 140 valence electrons. The molecule has 0 unspecified atom stereocenters. The maximum absolute atomic E-state index is 9.92. The molecule has 5 nitrogen and oxygen atoms in total. The molecule has 2 bridgehead atoms. The van der Waals surface area contributed by atoms with Crippen LogP contribution in [0.4, 0.5) is 0 Å². The predicted molar refractivity (Wildman–Crippen MR) is 94.1 cm³/mol. The van der Waals surface area contributed by atoms with Crippen molar-refractivity contribution in [1.82, 2.24) is 0 Å². The normalized spacial score (nSPS) is 41.9. The van der Waals surface area contributed by atoms with Gasteiger partial charge in [-0.2, -0.15) is 0 Å². The Kier molecular flexibility index (Phi) is 5.46. The van der Waals surface area contributed by atoms with Gasteiger partial charge in [-0.05, 0) is 42.3 Å². The molecule has 6 heteroatoms. The van der Waals surface area contributed by atoms with Crippen LogP contribution in [0.1, 0.15) is 47.0 Å². The van der Waals surface area contributed by atoms with Crippen molar-refractivity contribution in [1.29, 1.82) is 0 Å². The number of ether oxygens (including phenoxy) is 3. The molecule has 3 fully saturated rings. The van der Waals surface area contributed by atoms with Crippen LogP contribution in [-0.4, -0.2) is 51.4 Å². The van der Waals surface area contributed by atoms with Gasteiger partial charge in [-0.25, -0.2) is 0 Å². The molecule has 1 aliphatic carbocycles. The number of aliphatic hydroxyl groups excluding tert-OH is 1. The first-order valence-electron chi connectivity index (χ1n) is 9.59. The third-order valence-electron chi connectivity index (χ3n) is 6.90. The third-order valence-corrected chi connectivity index (χ3v) is 12.2. The second-order valence-electron chi connectivity index (χ2n) is 8.10. The number of hydrogen-bond acceptors (Lipinski definition) is 5. The molecule has 24 heavy (non-hydrogen) atoms. The van der Waals surface area contributed by atoms with E-state index in [-0.39, 0.29) is 31.2 Å². The second kappa shape index (κ2) is 6.97. The van der Waals surface area contributed by atoms with Crippen LogP contribution in [0.5, 0.6) is 0 Å². The van der Waals surface area contributed by atoms with E-state index >= 15 is 0 Å². The summed E-state index contributed by atoms with van der Waals surface area (Å²) in [5.41, 5.74) is 0.0830. The maximum atomic E-state index is 9.92. The van der Waals surface area contributed by atoms with Crippen LogP contribution in [0.15, 0.2) is 0 Å². The Bertz CT molecular complexity index is 441. The summed E-state index contributed by atoms with van der Waals surface area (Å²) in [6.07, 6.45) is 2.15. The van der Waals surface area contributed by atoms with Crippen LogP contribution >= 0.6 is 0 Å². The zero-order valence-corrected chi connectivity index (χ0v) is 16.8. The quantitative estimate of drug-likeness (QED) is 0.708. The molecule has 0 spiro atoms. The van der Waals surface area contributed by atoms with Crippen molar-refractivity contribution < 1.29 is 23.7 Å². The van der Waals surface area contributed by atoms with E-state index in [4.69, 9.17) is 18.6 Å². The molecule has 2 saturated heterocycles. The molecule has 3 rings (SSSR count). The Hall–Kier alpha value is 0.0169. The van der Waals surface area contributed by atoms with Crippen molar-refractivity contribution in [2.45, 2.75) is 88.9 Å².